The highest BCUT2D eigenvalue weighted by atomic mass is 16.6. The number of hydrogen-bond acceptors (Lipinski definition) is 6. The third-order valence-corrected chi connectivity index (χ3v) is 4.02. The SMILES string of the molecule is COC(=O)CC1CCN(c2ccc(C(=O)OC(C)(C)C)nc2)CC1. The van der Waals surface area contributed by atoms with Crippen molar-refractivity contribution in [2.45, 2.75) is 45.6 Å². The van der Waals surface area contributed by atoms with Gasteiger partial charge in [0.15, 0.2) is 0 Å². The molecule has 0 radical (unpaired) electrons. The predicted molar refractivity (Wildman–Crippen MR) is 91.0 cm³/mol. The maximum absolute atomic E-state index is 12.0. The summed E-state index contributed by atoms with van der Waals surface area (Å²) >= 11 is 0. The lowest BCUT2D eigenvalue weighted by atomic mass is 9.93. The average molecular weight is 334 g/mol. The smallest absolute Gasteiger partial charge is 0.357 e. The van der Waals surface area contributed by atoms with Crippen molar-refractivity contribution in [2.75, 3.05) is 25.1 Å². The molecule has 1 aliphatic rings. The fourth-order valence-electron chi connectivity index (χ4n) is 2.74. The number of ether oxygens (including phenoxy) is 2. The molecule has 1 fully saturated rings. The molecule has 0 aliphatic carbocycles. The Morgan fingerprint density at radius 1 is 1.25 bits per heavy atom. The largest absolute Gasteiger partial charge is 0.469 e. The van der Waals surface area contributed by atoms with Crippen molar-refractivity contribution >= 4 is 17.6 Å². The van der Waals surface area contributed by atoms with Crippen LogP contribution in [0.5, 0.6) is 0 Å². The van der Waals surface area contributed by atoms with E-state index in [1.165, 1.54) is 7.11 Å². The highest BCUT2D eigenvalue weighted by Gasteiger charge is 2.23. The minimum Gasteiger partial charge on any atom is -0.469 e. The van der Waals surface area contributed by atoms with Crippen LogP contribution >= 0.6 is 0 Å². The number of aromatic nitrogens is 1. The molecule has 0 aromatic carbocycles. The minimum absolute atomic E-state index is 0.142. The van der Waals surface area contributed by atoms with Gasteiger partial charge in [-0.2, -0.15) is 0 Å². The quantitative estimate of drug-likeness (QED) is 0.789. The zero-order chi connectivity index (χ0) is 17.7. The number of rotatable bonds is 4. The van der Waals surface area contributed by atoms with Crippen LogP contribution in [0.4, 0.5) is 5.69 Å². The molecule has 1 aromatic heterocycles. The first kappa shape index (κ1) is 18.2. The Hall–Kier alpha value is -2.11. The van der Waals surface area contributed by atoms with Gasteiger partial charge in [0.2, 0.25) is 0 Å². The number of anilines is 1. The summed E-state index contributed by atoms with van der Waals surface area (Å²) in [6, 6.07) is 3.59. The molecular formula is C18H26N2O4. The number of methoxy groups -OCH3 is 1. The molecule has 24 heavy (non-hydrogen) atoms. The van der Waals surface area contributed by atoms with E-state index in [4.69, 9.17) is 9.47 Å². The lowest BCUT2D eigenvalue weighted by Crippen LogP contribution is -2.34. The third kappa shape index (κ3) is 5.22. The molecule has 0 unspecified atom stereocenters. The predicted octanol–water partition coefficient (Wildman–Crippen LogP) is 2.82. The van der Waals surface area contributed by atoms with E-state index in [9.17, 15) is 9.59 Å². The van der Waals surface area contributed by atoms with E-state index in [1.807, 2.05) is 26.8 Å². The Morgan fingerprint density at radius 2 is 1.92 bits per heavy atom. The second-order valence-electron chi connectivity index (χ2n) is 7.11. The molecule has 132 valence electrons. The normalized spacial score (nSPS) is 15.9. The van der Waals surface area contributed by atoms with E-state index in [0.717, 1.165) is 31.6 Å². The van der Waals surface area contributed by atoms with Gasteiger partial charge < -0.3 is 14.4 Å². The van der Waals surface area contributed by atoms with E-state index in [1.54, 1.807) is 12.3 Å². The molecule has 0 bridgehead atoms. The van der Waals surface area contributed by atoms with Crippen molar-refractivity contribution in [3.05, 3.63) is 24.0 Å². The zero-order valence-electron chi connectivity index (χ0n) is 14.9. The summed E-state index contributed by atoms with van der Waals surface area (Å²) in [6.45, 7) is 7.23. The first-order valence-electron chi connectivity index (χ1n) is 8.29. The number of pyridine rings is 1. The van der Waals surface area contributed by atoms with Crippen molar-refractivity contribution in [3.63, 3.8) is 0 Å². The molecule has 1 saturated heterocycles. The Labute approximate surface area is 143 Å². The summed E-state index contributed by atoms with van der Waals surface area (Å²) in [6.07, 6.45) is 4.09. The van der Waals surface area contributed by atoms with Gasteiger partial charge in [-0.1, -0.05) is 0 Å². The number of carbonyl (C=O) groups is 2. The van der Waals surface area contributed by atoms with Crippen molar-refractivity contribution < 1.29 is 19.1 Å². The van der Waals surface area contributed by atoms with Gasteiger partial charge in [-0.25, -0.2) is 9.78 Å². The highest BCUT2D eigenvalue weighted by Crippen LogP contribution is 2.25. The van der Waals surface area contributed by atoms with Crippen LogP contribution in [0, 0.1) is 5.92 Å². The maximum atomic E-state index is 12.0. The molecule has 0 N–H and O–H groups in total. The Bertz CT molecular complexity index is 570. The Morgan fingerprint density at radius 3 is 2.42 bits per heavy atom. The second-order valence-corrected chi connectivity index (χ2v) is 7.11. The molecule has 0 saturated carbocycles. The first-order valence-corrected chi connectivity index (χ1v) is 8.29. The van der Waals surface area contributed by atoms with Gasteiger partial charge in [-0.3, -0.25) is 4.79 Å². The number of carbonyl (C=O) groups excluding carboxylic acids is 2. The minimum atomic E-state index is -0.529. The van der Waals surface area contributed by atoms with Gasteiger partial charge in [0.1, 0.15) is 11.3 Å². The molecule has 2 rings (SSSR count). The van der Waals surface area contributed by atoms with Crippen molar-refractivity contribution in [2.24, 2.45) is 5.92 Å². The summed E-state index contributed by atoms with van der Waals surface area (Å²) in [4.78, 5) is 29.8. The summed E-state index contributed by atoms with van der Waals surface area (Å²) in [5.74, 6) is -0.176. The molecule has 0 atom stereocenters. The fourth-order valence-corrected chi connectivity index (χ4v) is 2.74. The first-order chi connectivity index (χ1) is 11.3. The molecule has 0 spiro atoms. The van der Waals surface area contributed by atoms with E-state index < -0.39 is 11.6 Å². The van der Waals surface area contributed by atoms with E-state index in [2.05, 4.69) is 9.88 Å². The summed E-state index contributed by atoms with van der Waals surface area (Å²) in [7, 11) is 1.43. The number of piperidine rings is 1. The lowest BCUT2D eigenvalue weighted by molar-refractivity contribution is -0.141. The average Bonchev–Trinajstić information content (AvgIpc) is 2.54. The highest BCUT2D eigenvalue weighted by molar-refractivity contribution is 5.87. The lowest BCUT2D eigenvalue weighted by Gasteiger charge is -2.33. The molecule has 0 amide bonds. The van der Waals surface area contributed by atoms with Crippen LogP contribution in [0.1, 0.15) is 50.5 Å². The summed E-state index contributed by atoms with van der Waals surface area (Å²) in [5.41, 5.74) is 0.770. The van der Waals surface area contributed by atoms with Crippen molar-refractivity contribution in [1.29, 1.82) is 0 Å². The van der Waals surface area contributed by atoms with Gasteiger partial charge in [0.05, 0.1) is 19.0 Å². The van der Waals surface area contributed by atoms with Gasteiger partial charge in [0.25, 0.3) is 0 Å². The monoisotopic (exact) mass is 334 g/mol. The van der Waals surface area contributed by atoms with E-state index in [-0.39, 0.29) is 5.97 Å². The van der Waals surface area contributed by atoms with Crippen LogP contribution < -0.4 is 4.90 Å². The van der Waals surface area contributed by atoms with Crippen LogP contribution in [-0.2, 0) is 14.3 Å². The molecule has 2 heterocycles. The van der Waals surface area contributed by atoms with Gasteiger partial charge in [-0.15, -0.1) is 0 Å². The van der Waals surface area contributed by atoms with Crippen LogP contribution in [0.15, 0.2) is 18.3 Å². The topological polar surface area (TPSA) is 68.7 Å². The van der Waals surface area contributed by atoms with Crippen molar-refractivity contribution in [3.8, 4) is 0 Å². The molecule has 6 heteroatoms. The second kappa shape index (κ2) is 7.64. The molecule has 1 aromatic rings. The number of hydrogen-bond donors (Lipinski definition) is 0. The maximum Gasteiger partial charge on any atom is 0.357 e. The van der Waals surface area contributed by atoms with Crippen LogP contribution in [0.25, 0.3) is 0 Å². The summed E-state index contributed by atoms with van der Waals surface area (Å²) in [5, 5.41) is 0. The molecule has 6 nitrogen and oxygen atoms in total. The molecule has 1 aliphatic heterocycles. The van der Waals surface area contributed by atoms with E-state index in [0.29, 0.717) is 18.0 Å². The Kier molecular flexibility index (Phi) is 5.80. The third-order valence-electron chi connectivity index (χ3n) is 4.02. The summed E-state index contributed by atoms with van der Waals surface area (Å²) < 4.78 is 10.0. The molecular weight excluding hydrogens is 308 g/mol. The number of nitrogens with zero attached hydrogens (tertiary/aromatic N) is 2. The van der Waals surface area contributed by atoms with Gasteiger partial charge in [-0.05, 0) is 51.7 Å². The van der Waals surface area contributed by atoms with Crippen LogP contribution in [0.3, 0.4) is 0 Å². The zero-order valence-corrected chi connectivity index (χ0v) is 14.9. The number of esters is 2. The van der Waals surface area contributed by atoms with Crippen molar-refractivity contribution in [1.82, 2.24) is 4.98 Å². The van der Waals surface area contributed by atoms with Crippen LogP contribution in [-0.4, -0.2) is 42.7 Å². The van der Waals surface area contributed by atoms with Gasteiger partial charge >= 0.3 is 11.9 Å². The standard InChI is InChI=1S/C18H26N2O4/c1-18(2,3)24-17(22)15-6-5-14(12-19-15)20-9-7-13(8-10-20)11-16(21)23-4/h5-6,12-13H,7-11H2,1-4H3. The van der Waals surface area contributed by atoms with Gasteiger partial charge in [0, 0.05) is 19.5 Å². The van der Waals surface area contributed by atoms with E-state index >= 15 is 0 Å². The fraction of sp³-hybridized carbons (Fsp3) is 0.611. The Balaban J connectivity index is 1.90. The van der Waals surface area contributed by atoms with Crippen LogP contribution in [0.2, 0.25) is 0 Å².